The Balaban J connectivity index is 1.97. The summed E-state index contributed by atoms with van der Waals surface area (Å²) in [5, 5.41) is 2.76. The van der Waals surface area contributed by atoms with E-state index < -0.39 is 66.2 Å². The summed E-state index contributed by atoms with van der Waals surface area (Å²) in [6.07, 6.45) is -5.36. The van der Waals surface area contributed by atoms with Crippen LogP contribution in [-0.4, -0.2) is 74.1 Å². The maximum absolute atomic E-state index is 13.3. The monoisotopic (exact) mass is 507 g/mol. The topological polar surface area (TPSA) is 162 Å². The number of fused-ring (bicyclic) bond motifs is 4. The number of carbonyl (C=O) groups is 5. The van der Waals surface area contributed by atoms with Crippen molar-refractivity contribution in [3.63, 3.8) is 0 Å². The summed E-state index contributed by atoms with van der Waals surface area (Å²) in [5.41, 5.74) is 0.390. The number of hydrogen-bond donors (Lipinski definition) is 1. The number of nitrogens with one attached hydrogen (secondary N) is 1. The van der Waals surface area contributed by atoms with Gasteiger partial charge < -0.3 is 38.5 Å². The van der Waals surface area contributed by atoms with Crippen molar-refractivity contribution in [2.75, 3.05) is 13.9 Å². The molecule has 1 saturated carbocycles. The molecule has 1 aromatic carbocycles. The van der Waals surface area contributed by atoms with Gasteiger partial charge in [0.1, 0.15) is 0 Å². The lowest BCUT2D eigenvalue weighted by Gasteiger charge is -2.50. The highest BCUT2D eigenvalue weighted by molar-refractivity contribution is 6.02. The Morgan fingerprint density at radius 3 is 1.92 bits per heavy atom. The molecule has 194 valence electrons. The number of benzene rings is 1. The van der Waals surface area contributed by atoms with Gasteiger partial charge in [-0.2, -0.15) is 0 Å². The molecule has 0 radical (unpaired) electrons. The lowest BCUT2D eigenvalue weighted by Crippen LogP contribution is -2.69. The van der Waals surface area contributed by atoms with Gasteiger partial charge in [0.15, 0.2) is 35.9 Å². The zero-order chi connectivity index (χ0) is 26.3. The first kappa shape index (κ1) is 25.1. The summed E-state index contributed by atoms with van der Waals surface area (Å²) in [5.74, 6) is -3.97. The molecule has 3 aliphatic rings. The van der Waals surface area contributed by atoms with Crippen molar-refractivity contribution in [3.05, 3.63) is 17.2 Å². The number of hydrogen-bond acceptors (Lipinski definition) is 12. The third-order valence-corrected chi connectivity index (χ3v) is 6.01. The van der Waals surface area contributed by atoms with Crippen LogP contribution in [0.3, 0.4) is 0 Å². The highest BCUT2D eigenvalue weighted by Crippen LogP contribution is 2.51. The maximum atomic E-state index is 13.3. The van der Waals surface area contributed by atoms with Crippen LogP contribution in [-0.2, 0) is 38.1 Å². The van der Waals surface area contributed by atoms with Crippen molar-refractivity contribution in [1.82, 2.24) is 5.32 Å². The molecule has 4 rings (SSSR count). The normalized spacial score (nSPS) is 27.5. The summed E-state index contributed by atoms with van der Waals surface area (Å²) >= 11 is 0. The van der Waals surface area contributed by atoms with Crippen LogP contribution >= 0.6 is 0 Å². The maximum Gasteiger partial charge on any atom is 0.303 e. The fourth-order valence-corrected chi connectivity index (χ4v) is 5.00. The fraction of sp³-hybridized carbons (Fsp3) is 0.522. The SMILES string of the molecule is COc1c2c(cc3c1C(=O)N[C@H]1C(OC(C)=O)C(OC(C)=O)[C@@H](OC(C)=O)C(OC(C)=O)C31)OCO2. The van der Waals surface area contributed by atoms with Gasteiger partial charge in [-0.1, -0.05) is 0 Å². The molecular weight excluding hydrogens is 482 g/mol. The van der Waals surface area contributed by atoms with E-state index in [0.717, 1.165) is 27.7 Å². The number of carbonyl (C=O) groups excluding carboxylic acids is 5. The van der Waals surface area contributed by atoms with Gasteiger partial charge in [-0.05, 0) is 11.6 Å². The Hall–Kier alpha value is -4.03. The van der Waals surface area contributed by atoms with E-state index in [1.165, 1.54) is 13.2 Å². The van der Waals surface area contributed by atoms with Crippen molar-refractivity contribution in [2.45, 2.75) is 64.1 Å². The van der Waals surface area contributed by atoms with Crippen LogP contribution in [0.25, 0.3) is 0 Å². The standard InChI is InChI=1S/C23H25NO12/c1-8(25)33-19-14-12-6-13-17(32-7-31-13)18(30-5)15(12)23(29)24-16(14)20(34-9(2)26)22(36-11(4)28)21(19)35-10(3)27/h6,14,16,19-22H,7H2,1-5H3,(H,24,29)/t14?,16-,19?,20?,21+,22?/m1/s1. The molecule has 0 bridgehead atoms. The predicted octanol–water partition coefficient (Wildman–Crippen LogP) is 0.360. The third-order valence-electron chi connectivity index (χ3n) is 6.01. The van der Waals surface area contributed by atoms with Crippen LogP contribution in [0.5, 0.6) is 17.2 Å². The summed E-state index contributed by atoms with van der Waals surface area (Å²) in [4.78, 5) is 61.7. The highest BCUT2D eigenvalue weighted by Gasteiger charge is 2.60. The Morgan fingerprint density at radius 2 is 1.36 bits per heavy atom. The zero-order valence-corrected chi connectivity index (χ0v) is 20.1. The average Bonchev–Trinajstić information content (AvgIpc) is 3.24. The second-order valence-electron chi connectivity index (χ2n) is 8.43. The van der Waals surface area contributed by atoms with Gasteiger partial charge in [0.25, 0.3) is 5.91 Å². The first-order valence-corrected chi connectivity index (χ1v) is 11.0. The summed E-state index contributed by atoms with van der Waals surface area (Å²) in [7, 11) is 1.35. The van der Waals surface area contributed by atoms with E-state index in [2.05, 4.69) is 5.32 Å². The van der Waals surface area contributed by atoms with Gasteiger partial charge >= 0.3 is 23.9 Å². The molecule has 2 aliphatic heterocycles. The molecule has 2 heterocycles. The quantitative estimate of drug-likeness (QED) is 0.431. The van der Waals surface area contributed by atoms with Gasteiger partial charge in [-0.25, -0.2) is 0 Å². The van der Waals surface area contributed by atoms with Gasteiger partial charge in [0, 0.05) is 27.7 Å². The van der Waals surface area contributed by atoms with E-state index in [1.807, 2.05) is 0 Å². The predicted molar refractivity (Wildman–Crippen MR) is 115 cm³/mol. The fourth-order valence-electron chi connectivity index (χ4n) is 5.00. The lowest BCUT2D eigenvalue weighted by molar-refractivity contribution is -0.217. The van der Waals surface area contributed by atoms with Gasteiger partial charge in [0.2, 0.25) is 12.5 Å². The number of ether oxygens (including phenoxy) is 7. The molecule has 1 aliphatic carbocycles. The van der Waals surface area contributed by atoms with Crippen LogP contribution < -0.4 is 19.5 Å². The molecule has 1 N–H and O–H groups in total. The van der Waals surface area contributed by atoms with Crippen molar-refractivity contribution in [1.29, 1.82) is 0 Å². The molecule has 1 amide bonds. The molecule has 13 heteroatoms. The van der Waals surface area contributed by atoms with Crippen LogP contribution in [0.1, 0.15) is 49.5 Å². The van der Waals surface area contributed by atoms with Crippen molar-refractivity contribution in [3.8, 4) is 17.2 Å². The molecular formula is C23H25NO12. The van der Waals surface area contributed by atoms with Crippen LogP contribution in [0.2, 0.25) is 0 Å². The minimum Gasteiger partial charge on any atom is -0.492 e. The van der Waals surface area contributed by atoms with E-state index in [1.54, 1.807) is 0 Å². The number of methoxy groups -OCH3 is 1. The average molecular weight is 507 g/mol. The van der Waals surface area contributed by atoms with E-state index in [9.17, 15) is 24.0 Å². The number of rotatable bonds is 5. The van der Waals surface area contributed by atoms with E-state index >= 15 is 0 Å². The number of amides is 1. The van der Waals surface area contributed by atoms with Crippen LogP contribution in [0.15, 0.2) is 6.07 Å². The van der Waals surface area contributed by atoms with Gasteiger partial charge in [-0.15, -0.1) is 0 Å². The number of esters is 4. The van der Waals surface area contributed by atoms with Crippen LogP contribution in [0, 0.1) is 0 Å². The largest absolute Gasteiger partial charge is 0.492 e. The molecule has 1 fully saturated rings. The molecule has 0 saturated heterocycles. The van der Waals surface area contributed by atoms with Crippen molar-refractivity contribution < 1.29 is 57.1 Å². The Kier molecular flexibility index (Phi) is 6.65. The second-order valence-corrected chi connectivity index (χ2v) is 8.43. The molecule has 13 nitrogen and oxygen atoms in total. The zero-order valence-electron chi connectivity index (χ0n) is 20.1. The van der Waals surface area contributed by atoms with E-state index in [4.69, 9.17) is 33.2 Å². The van der Waals surface area contributed by atoms with Crippen molar-refractivity contribution in [2.24, 2.45) is 0 Å². The Bertz CT molecular complexity index is 1130. The molecule has 4 unspecified atom stereocenters. The first-order chi connectivity index (χ1) is 17.0. The Labute approximate surface area is 205 Å². The Morgan fingerprint density at radius 1 is 0.833 bits per heavy atom. The van der Waals surface area contributed by atoms with Gasteiger partial charge in [-0.3, -0.25) is 24.0 Å². The second kappa shape index (κ2) is 9.55. The summed E-state index contributed by atoms with van der Waals surface area (Å²) < 4.78 is 38.5. The molecule has 36 heavy (non-hydrogen) atoms. The third kappa shape index (κ3) is 4.36. The minimum atomic E-state index is -1.40. The summed E-state index contributed by atoms with van der Waals surface area (Å²) in [6, 6.07) is 0.481. The molecule has 0 aromatic heterocycles. The van der Waals surface area contributed by atoms with Crippen LogP contribution in [0.4, 0.5) is 0 Å². The molecule has 1 aromatic rings. The van der Waals surface area contributed by atoms with E-state index in [-0.39, 0.29) is 29.6 Å². The first-order valence-electron chi connectivity index (χ1n) is 11.0. The molecule has 0 spiro atoms. The minimum absolute atomic E-state index is 0.0780. The highest BCUT2D eigenvalue weighted by atomic mass is 16.7. The smallest absolute Gasteiger partial charge is 0.303 e. The van der Waals surface area contributed by atoms with Gasteiger partial charge in [0.05, 0.1) is 24.6 Å². The van der Waals surface area contributed by atoms with Crippen molar-refractivity contribution >= 4 is 29.8 Å². The van der Waals surface area contributed by atoms with E-state index in [0.29, 0.717) is 5.56 Å². The lowest BCUT2D eigenvalue weighted by atomic mass is 9.69. The summed E-state index contributed by atoms with van der Waals surface area (Å²) in [6.45, 7) is 4.42. The molecule has 6 atom stereocenters.